The lowest BCUT2D eigenvalue weighted by atomic mass is 9.61. The van der Waals surface area contributed by atoms with Gasteiger partial charge in [-0.15, -0.1) is 0 Å². The van der Waals surface area contributed by atoms with E-state index >= 15 is 0 Å². The fraction of sp³-hybridized carbons (Fsp3) is 0.844. The van der Waals surface area contributed by atoms with Crippen LogP contribution < -0.4 is 16.4 Å². The van der Waals surface area contributed by atoms with Crippen LogP contribution in [-0.2, 0) is 23.9 Å². The molecule has 0 aromatic heterocycles. The van der Waals surface area contributed by atoms with Gasteiger partial charge < -0.3 is 20.1 Å². The van der Waals surface area contributed by atoms with Gasteiger partial charge in [-0.05, 0) is 57.8 Å². The van der Waals surface area contributed by atoms with E-state index in [1.54, 1.807) is 0 Å². The van der Waals surface area contributed by atoms with E-state index in [1.807, 2.05) is 6.08 Å². The first-order chi connectivity index (χ1) is 19.3. The van der Waals surface area contributed by atoms with Crippen molar-refractivity contribution in [3.63, 3.8) is 0 Å². The van der Waals surface area contributed by atoms with E-state index in [4.69, 9.17) is 15.2 Å². The third kappa shape index (κ3) is 6.55. The standard InChI is InChI=1S/C32H53N3O5/c1-4-6-9-24(20-34-17-5-2)21-39-30(38)32-29(37)26-11-8-7-10-25(26)28(36)31(32,40-32)16-14-22(3)12-13-23-15-18-35-27(33)19-23/h14,23-27,34-35H,4-13,15-21,33H2,1-3H3/p+2. The van der Waals surface area contributed by atoms with Crippen molar-refractivity contribution in [1.82, 2.24) is 0 Å². The van der Waals surface area contributed by atoms with Crippen LogP contribution in [-0.4, -0.2) is 61.1 Å². The third-order valence-corrected chi connectivity index (χ3v) is 10.1. The molecule has 0 radical (unpaired) electrons. The summed E-state index contributed by atoms with van der Waals surface area (Å²) in [4.78, 5) is 41.6. The highest BCUT2D eigenvalue weighted by Gasteiger charge is 2.86. The predicted octanol–water partition coefficient (Wildman–Crippen LogP) is 2.15. The molecule has 7 unspecified atom stereocenters. The Morgan fingerprint density at radius 1 is 1.18 bits per heavy atom. The zero-order valence-electron chi connectivity index (χ0n) is 25.3. The fourth-order valence-corrected chi connectivity index (χ4v) is 7.49. The first-order valence-electron chi connectivity index (χ1n) is 16.3. The van der Waals surface area contributed by atoms with Gasteiger partial charge in [-0.3, -0.25) is 15.3 Å². The Kier molecular flexibility index (Phi) is 11.0. The SMILES string of the molecule is CCCCC(C[NH2+]CCC)COC(=O)C12OC1(CC=C(C)CCC1CC[NH2+]C(N)C1)C(=O)C1CCCCC1C2=O. The minimum absolute atomic E-state index is 0.0506. The molecule has 2 saturated heterocycles. The Labute approximate surface area is 240 Å². The van der Waals surface area contributed by atoms with E-state index in [0.29, 0.717) is 18.8 Å². The predicted molar refractivity (Wildman–Crippen MR) is 153 cm³/mol. The Morgan fingerprint density at radius 3 is 2.62 bits per heavy atom. The monoisotopic (exact) mass is 561 g/mol. The zero-order valence-corrected chi connectivity index (χ0v) is 25.3. The summed E-state index contributed by atoms with van der Waals surface area (Å²) in [5, 5.41) is 4.49. The first-order valence-corrected chi connectivity index (χ1v) is 16.3. The lowest BCUT2D eigenvalue weighted by Gasteiger charge is -2.36. The van der Waals surface area contributed by atoms with Gasteiger partial charge in [0.2, 0.25) is 0 Å². The van der Waals surface area contributed by atoms with Crippen LogP contribution in [0.15, 0.2) is 11.6 Å². The largest absolute Gasteiger partial charge is 0.463 e. The number of ketones is 2. The van der Waals surface area contributed by atoms with E-state index in [0.717, 1.165) is 77.4 Å². The Morgan fingerprint density at radius 2 is 1.93 bits per heavy atom. The third-order valence-electron chi connectivity index (χ3n) is 10.1. The van der Waals surface area contributed by atoms with Gasteiger partial charge in [0, 0.05) is 30.6 Å². The van der Waals surface area contributed by atoms with Gasteiger partial charge in [0.1, 0.15) is 6.17 Å². The molecule has 0 amide bonds. The van der Waals surface area contributed by atoms with Gasteiger partial charge in [-0.1, -0.05) is 51.2 Å². The molecule has 226 valence electrons. The highest BCUT2D eigenvalue weighted by Crippen LogP contribution is 2.61. The number of epoxide rings is 1. The maximum Gasteiger partial charge on any atom is 0.350 e. The molecule has 0 aromatic carbocycles. The molecule has 8 nitrogen and oxygen atoms in total. The molecule has 2 aliphatic carbocycles. The number of carbonyl (C=O) groups excluding carboxylic acids is 3. The number of allylic oxidation sites excluding steroid dienone is 1. The van der Waals surface area contributed by atoms with Crippen LogP contribution in [0.2, 0.25) is 0 Å². The second kappa shape index (κ2) is 14.0. The zero-order chi connectivity index (χ0) is 28.8. The van der Waals surface area contributed by atoms with Gasteiger partial charge in [0.25, 0.3) is 5.60 Å². The molecule has 6 N–H and O–H groups in total. The Balaban J connectivity index is 1.46. The average Bonchev–Trinajstić information content (AvgIpc) is 3.67. The number of piperidine rings is 1. The molecule has 0 aromatic rings. The number of unbranched alkanes of at least 4 members (excludes halogenated alkanes) is 1. The van der Waals surface area contributed by atoms with Crippen LogP contribution in [0.1, 0.15) is 104 Å². The number of nitrogens with two attached hydrogens (primary N) is 3. The molecule has 2 aliphatic heterocycles. The lowest BCUT2D eigenvalue weighted by molar-refractivity contribution is -0.699. The number of Topliss-reactive ketones (excluding diaryl/α,β-unsaturated/α-hetero) is 2. The Bertz CT molecular complexity index is 938. The second-order valence-electron chi connectivity index (χ2n) is 13.1. The highest BCUT2D eigenvalue weighted by atomic mass is 16.7. The van der Waals surface area contributed by atoms with Crippen LogP contribution in [0.25, 0.3) is 0 Å². The van der Waals surface area contributed by atoms with Gasteiger partial charge >= 0.3 is 5.97 Å². The summed E-state index contributed by atoms with van der Waals surface area (Å²) in [6.07, 6.45) is 14.1. The van der Waals surface area contributed by atoms with Crippen molar-refractivity contribution in [2.24, 2.45) is 29.4 Å². The first kappa shape index (κ1) is 31.3. The summed E-state index contributed by atoms with van der Waals surface area (Å²) >= 11 is 0. The number of ether oxygens (including phenoxy) is 2. The molecule has 40 heavy (non-hydrogen) atoms. The summed E-state index contributed by atoms with van der Waals surface area (Å²) in [7, 11) is 0. The molecule has 4 rings (SSSR count). The van der Waals surface area contributed by atoms with Gasteiger partial charge in [0.05, 0.1) is 26.2 Å². The molecule has 4 fully saturated rings. The summed E-state index contributed by atoms with van der Waals surface area (Å²) in [6.45, 7) is 9.68. The number of hydrogen-bond acceptors (Lipinski definition) is 6. The van der Waals surface area contributed by atoms with E-state index in [9.17, 15) is 14.4 Å². The van der Waals surface area contributed by atoms with Crippen molar-refractivity contribution in [3.8, 4) is 0 Å². The van der Waals surface area contributed by atoms with E-state index in [-0.39, 0.29) is 42.6 Å². The maximum absolute atomic E-state index is 13.9. The molecule has 4 aliphatic rings. The average molecular weight is 562 g/mol. The molecule has 8 heteroatoms. The number of carbonyl (C=O) groups is 3. The van der Waals surface area contributed by atoms with Crippen LogP contribution >= 0.6 is 0 Å². The van der Waals surface area contributed by atoms with Crippen molar-refractivity contribution in [2.75, 3.05) is 26.2 Å². The minimum Gasteiger partial charge on any atom is -0.463 e. The lowest BCUT2D eigenvalue weighted by Crippen LogP contribution is -2.94. The van der Waals surface area contributed by atoms with E-state index < -0.39 is 23.1 Å². The summed E-state index contributed by atoms with van der Waals surface area (Å²) in [6, 6.07) is 0. The van der Waals surface area contributed by atoms with Gasteiger partial charge in [-0.2, -0.15) is 0 Å². The molecule has 7 atom stereocenters. The van der Waals surface area contributed by atoms with Crippen molar-refractivity contribution in [1.29, 1.82) is 0 Å². The van der Waals surface area contributed by atoms with E-state index in [1.165, 1.54) is 12.0 Å². The van der Waals surface area contributed by atoms with Crippen molar-refractivity contribution in [2.45, 2.75) is 122 Å². The fourth-order valence-electron chi connectivity index (χ4n) is 7.49. The number of hydrogen-bond donors (Lipinski definition) is 3. The van der Waals surface area contributed by atoms with Crippen molar-refractivity contribution in [3.05, 3.63) is 11.6 Å². The van der Waals surface area contributed by atoms with Gasteiger partial charge in [-0.25, -0.2) is 4.79 Å². The van der Waals surface area contributed by atoms with Crippen molar-refractivity contribution < 1.29 is 34.5 Å². The number of rotatable bonds is 15. The summed E-state index contributed by atoms with van der Waals surface area (Å²) < 4.78 is 12.0. The van der Waals surface area contributed by atoms with Crippen LogP contribution in [0.5, 0.6) is 0 Å². The normalized spacial score (nSPS) is 34.6. The quantitative estimate of drug-likeness (QED) is 0.0923. The molecular formula is C32H55N3O5+2. The molecule has 2 saturated carbocycles. The number of quaternary nitrogens is 2. The molecular weight excluding hydrogens is 506 g/mol. The Hall–Kier alpha value is -1.61. The van der Waals surface area contributed by atoms with Crippen LogP contribution in [0.4, 0.5) is 0 Å². The maximum atomic E-state index is 13.9. The molecule has 2 heterocycles. The second-order valence-corrected chi connectivity index (χ2v) is 13.1. The number of esters is 1. The topological polar surface area (TPSA) is 132 Å². The summed E-state index contributed by atoms with van der Waals surface area (Å²) in [5.74, 6) is -0.804. The van der Waals surface area contributed by atoms with Crippen LogP contribution in [0.3, 0.4) is 0 Å². The molecule has 0 spiro atoms. The number of fused-ring (bicyclic) bond motifs is 2. The van der Waals surface area contributed by atoms with E-state index in [2.05, 4.69) is 31.4 Å². The highest BCUT2D eigenvalue weighted by molar-refractivity contribution is 6.23. The minimum atomic E-state index is -1.76. The van der Waals surface area contributed by atoms with Crippen molar-refractivity contribution >= 4 is 17.5 Å². The smallest absolute Gasteiger partial charge is 0.350 e. The molecule has 0 bridgehead atoms. The van der Waals surface area contributed by atoms with Crippen LogP contribution in [0, 0.1) is 23.7 Å². The summed E-state index contributed by atoms with van der Waals surface area (Å²) in [5.41, 5.74) is 4.16. The van der Waals surface area contributed by atoms with Gasteiger partial charge in [0.15, 0.2) is 17.2 Å².